The lowest BCUT2D eigenvalue weighted by molar-refractivity contribution is -0.131. The maximum absolute atomic E-state index is 12.3. The van der Waals surface area contributed by atoms with Gasteiger partial charge in [-0.3, -0.25) is 14.6 Å². The fourth-order valence-corrected chi connectivity index (χ4v) is 3.36. The smallest absolute Gasteiger partial charge is 0.237 e. The van der Waals surface area contributed by atoms with E-state index in [-0.39, 0.29) is 5.91 Å². The van der Waals surface area contributed by atoms with Crippen LogP contribution < -0.4 is 0 Å². The summed E-state index contributed by atoms with van der Waals surface area (Å²) < 4.78 is 0. The van der Waals surface area contributed by atoms with Gasteiger partial charge in [0.2, 0.25) is 5.91 Å². The van der Waals surface area contributed by atoms with Gasteiger partial charge in [-0.1, -0.05) is 18.2 Å². The van der Waals surface area contributed by atoms with E-state index in [0.29, 0.717) is 19.6 Å². The summed E-state index contributed by atoms with van der Waals surface area (Å²) in [6, 6.07) is 4.28. The van der Waals surface area contributed by atoms with Gasteiger partial charge in [-0.2, -0.15) is 0 Å². The molecule has 0 N–H and O–H groups in total. The maximum Gasteiger partial charge on any atom is 0.237 e. The van der Waals surface area contributed by atoms with E-state index in [4.69, 9.17) is 0 Å². The molecule has 1 aromatic rings. The van der Waals surface area contributed by atoms with Crippen molar-refractivity contribution in [1.82, 2.24) is 14.7 Å². The molecule has 0 bridgehead atoms. The number of hydrogen-bond acceptors (Lipinski definition) is 4. The molecule has 1 aliphatic heterocycles. The summed E-state index contributed by atoms with van der Waals surface area (Å²) in [6.45, 7) is 14.1. The van der Waals surface area contributed by atoms with E-state index < -0.39 is 0 Å². The maximum atomic E-state index is 12.3. The highest BCUT2D eigenvalue weighted by Gasteiger charge is 2.21. The molecule has 1 aromatic heterocycles. The Balaban J connectivity index is 1.75. The topological polar surface area (TPSA) is 26.8 Å². The second-order valence-corrected chi connectivity index (χ2v) is 6.54. The van der Waals surface area contributed by atoms with Crippen LogP contribution in [0.5, 0.6) is 0 Å². The molecular weight excluding hydrogens is 294 g/mol. The molecule has 2 heterocycles. The largest absolute Gasteiger partial charge is 0.334 e. The third kappa shape index (κ3) is 5.09. The van der Waals surface area contributed by atoms with Gasteiger partial charge in [-0.05, 0) is 11.4 Å². The van der Waals surface area contributed by atoms with E-state index in [2.05, 4.69) is 40.5 Å². The van der Waals surface area contributed by atoms with Crippen LogP contribution in [-0.4, -0.2) is 66.4 Å². The zero-order chi connectivity index (χ0) is 15.8. The van der Waals surface area contributed by atoms with Crippen molar-refractivity contribution >= 4 is 17.2 Å². The summed E-state index contributed by atoms with van der Waals surface area (Å²) in [4.78, 5) is 20.2. The first kappa shape index (κ1) is 16.9. The second kappa shape index (κ2) is 8.88. The lowest BCUT2D eigenvalue weighted by Gasteiger charge is -2.35. The highest BCUT2D eigenvalue weighted by Crippen LogP contribution is 2.13. The monoisotopic (exact) mass is 319 g/mol. The molecule has 0 unspecified atom stereocenters. The summed E-state index contributed by atoms with van der Waals surface area (Å²) in [5.74, 6) is 0.159. The minimum atomic E-state index is 0.159. The summed E-state index contributed by atoms with van der Waals surface area (Å²) >= 11 is 1.81. The van der Waals surface area contributed by atoms with Gasteiger partial charge in [0.05, 0.1) is 6.54 Å². The molecule has 0 spiro atoms. The number of carbonyl (C=O) groups excluding carboxylic acids is 1. The number of nitrogens with zero attached hydrogens (tertiary/aromatic N) is 3. The van der Waals surface area contributed by atoms with Gasteiger partial charge in [0.25, 0.3) is 0 Å². The van der Waals surface area contributed by atoms with Crippen LogP contribution in [0.25, 0.3) is 0 Å². The van der Waals surface area contributed by atoms with E-state index in [1.54, 1.807) is 17.1 Å². The Hall–Kier alpha value is -1.43. The Morgan fingerprint density at radius 1 is 1.18 bits per heavy atom. The molecule has 22 heavy (non-hydrogen) atoms. The molecule has 120 valence electrons. The Morgan fingerprint density at radius 3 is 2.36 bits per heavy atom. The Morgan fingerprint density at radius 2 is 1.82 bits per heavy atom. The van der Waals surface area contributed by atoms with Gasteiger partial charge in [0.15, 0.2) is 0 Å². The van der Waals surface area contributed by atoms with Crippen molar-refractivity contribution in [2.45, 2.75) is 6.54 Å². The van der Waals surface area contributed by atoms with Crippen LogP contribution >= 0.6 is 11.3 Å². The van der Waals surface area contributed by atoms with E-state index in [1.807, 2.05) is 11.3 Å². The lowest BCUT2D eigenvalue weighted by Crippen LogP contribution is -2.49. The molecule has 0 aromatic carbocycles. The minimum absolute atomic E-state index is 0.159. The number of amides is 1. The van der Waals surface area contributed by atoms with Crippen molar-refractivity contribution in [3.05, 3.63) is 47.7 Å². The van der Waals surface area contributed by atoms with Gasteiger partial charge in [0.1, 0.15) is 0 Å². The van der Waals surface area contributed by atoms with Gasteiger partial charge in [-0.25, -0.2) is 0 Å². The number of piperazine rings is 1. The Labute approximate surface area is 137 Å². The molecular formula is C17H25N3OS. The van der Waals surface area contributed by atoms with Crippen LogP contribution in [0, 0.1) is 0 Å². The SMILES string of the molecule is C=CCN(CC=C)C(=O)CN1CCN(Cc2cccs2)CC1. The number of thiophene rings is 1. The summed E-state index contributed by atoms with van der Waals surface area (Å²) in [5, 5.41) is 2.12. The van der Waals surface area contributed by atoms with E-state index >= 15 is 0 Å². The van der Waals surface area contributed by atoms with E-state index in [0.717, 1.165) is 32.7 Å². The van der Waals surface area contributed by atoms with Crippen molar-refractivity contribution in [2.75, 3.05) is 45.8 Å². The zero-order valence-corrected chi connectivity index (χ0v) is 13.9. The van der Waals surface area contributed by atoms with Crippen LogP contribution in [0.15, 0.2) is 42.8 Å². The van der Waals surface area contributed by atoms with Crippen molar-refractivity contribution < 1.29 is 4.79 Å². The number of carbonyl (C=O) groups is 1. The third-order valence-corrected chi connectivity index (χ3v) is 4.70. The summed E-state index contributed by atoms with van der Waals surface area (Å²) in [5.41, 5.74) is 0. The van der Waals surface area contributed by atoms with E-state index in [9.17, 15) is 4.79 Å². The minimum Gasteiger partial charge on any atom is -0.334 e. The molecule has 1 amide bonds. The fraction of sp³-hybridized carbons (Fsp3) is 0.471. The molecule has 2 rings (SSSR count). The van der Waals surface area contributed by atoms with Crippen LogP contribution in [0.1, 0.15) is 4.88 Å². The molecule has 1 saturated heterocycles. The third-order valence-electron chi connectivity index (χ3n) is 3.84. The van der Waals surface area contributed by atoms with Crippen molar-refractivity contribution in [2.24, 2.45) is 0 Å². The number of rotatable bonds is 8. The first-order valence-corrected chi connectivity index (χ1v) is 8.57. The molecule has 0 aliphatic carbocycles. The van der Waals surface area contributed by atoms with Crippen LogP contribution in [0.4, 0.5) is 0 Å². The van der Waals surface area contributed by atoms with Crippen molar-refractivity contribution in [3.8, 4) is 0 Å². The average molecular weight is 319 g/mol. The Bertz CT molecular complexity index is 468. The van der Waals surface area contributed by atoms with Gasteiger partial charge < -0.3 is 4.90 Å². The highest BCUT2D eigenvalue weighted by molar-refractivity contribution is 7.09. The molecule has 1 fully saturated rings. The molecule has 0 radical (unpaired) electrons. The summed E-state index contributed by atoms with van der Waals surface area (Å²) in [7, 11) is 0. The normalized spacial score (nSPS) is 16.4. The zero-order valence-electron chi connectivity index (χ0n) is 13.1. The van der Waals surface area contributed by atoms with Crippen LogP contribution in [-0.2, 0) is 11.3 Å². The quantitative estimate of drug-likeness (QED) is 0.686. The van der Waals surface area contributed by atoms with Gasteiger partial charge in [0, 0.05) is 50.7 Å². The summed E-state index contributed by atoms with van der Waals surface area (Å²) in [6.07, 6.45) is 3.53. The van der Waals surface area contributed by atoms with Crippen LogP contribution in [0.3, 0.4) is 0 Å². The van der Waals surface area contributed by atoms with Crippen molar-refractivity contribution in [3.63, 3.8) is 0 Å². The van der Waals surface area contributed by atoms with Gasteiger partial charge >= 0.3 is 0 Å². The predicted molar refractivity (Wildman–Crippen MR) is 93.0 cm³/mol. The molecule has 0 saturated carbocycles. The molecule has 1 aliphatic rings. The molecule has 0 atom stereocenters. The molecule has 4 nitrogen and oxygen atoms in total. The Kier molecular flexibility index (Phi) is 6.83. The lowest BCUT2D eigenvalue weighted by atomic mass is 10.3. The van der Waals surface area contributed by atoms with Crippen LogP contribution in [0.2, 0.25) is 0 Å². The number of hydrogen-bond donors (Lipinski definition) is 0. The first-order valence-electron chi connectivity index (χ1n) is 7.69. The van der Waals surface area contributed by atoms with Gasteiger partial charge in [-0.15, -0.1) is 24.5 Å². The predicted octanol–water partition coefficient (Wildman–Crippen LogP) is 2.07. The van der Waals surface area contributed by atoms with Crippen molar-refractivity contribution in [1.29, 1.82) is 0 Å². The van der Waals surface area contributed by atoms with E-state index in [1.165, 1.54) is 4.88 Å². The average Bonchev–Trinajstić information content (AvgIpc) is 3.02. The fourth-order valence-electron chi connectivity index (χ4n) is 2.61. The first-order chi connectivity index (χ1) is 10.7. The second-order valence-electron chi connectivity index (χ2n) is 5.51. The highest BCUT2D eigenvalue weighted by atomic mass is 32.1. The molecule has 5 heteroatoms. The standard InChI is InChI=1S/C17H25N3OS/c1-3-7-20(8-4-2)17(21)15-19-11-9-18(10-12-19)14-16-6-5-13-22-16/h3-6,13H,1-2,7-12,14-15H2.